The first-order valence-corrected chi connectivity index (χ1v) is 9.71. The summed E-state index contributed by atoms with van der Waals surface area (Å²) in [4.78, 5) is 31.7. The molecule has 2 aromatic heterocycles. The molecule has 1 amide bonds. The SMILES string of the molecule is O=C(C1=C(O)C(=O)N(c2nccs2)C1c1ccc(Cl)cc1)c1cccs1. The van der Waals surface area contributed by atoms with Gasteiger partial charge in [-0.3, -0.25) is 14.5 Å². The van der Waals surface area contributed by atoms with Gasteiger partial charge >= 0.3 is 0 Å². The van der Waals surface area contributed by atoms with Crippen molar-refractivity contribution in [3.8, 4) is 0 Å². The molecule has 0 aliphatic carbocycles. The van der Waals surface area contributed by atoms with Crippen molar-refractivity contribution in [1.29, 1.82) is 0 Å². The second-order valence-corrected chi connectivity index (χ2v) is 7.77. The topological polar surface area (TPSA) is 70.5 Å². The number of rotatable bonds is 4. The molecule has 8 heteroatoms. The highest BCUT2D eigenvalue weighted by Gasteiger charge is 2.45. The molecule has 26 heavy (non-hydrogen) atoms. The van der Waals surface area contributed by atoms with Crippen LogP contribution in [-0.4, -0.2) is 21.8 Å². The Labute approximate surface area is 161 Å². The fourth-order valence-electron chi connectivity index (χ4n) is 2.87. The number of hydrogen-bond donors (Lipinski definition) is 1. The number of carbonyl (C=O) groups is 2. The van der Waals surface area contributed by atoms with Crippen LogP contribution in [0.5, 0.6) is 0 Å². The van der Waals surface area contributed by atoms with Gasteiger partial charge < -0.3 is 5.11 Å². The Hall–Kier alpha value is -2.48. The molecule has 3 heterocycles. The number of benzene rings is 1. The monoisotopic (exact) mass is 402 g/mol. The molecule has 0 bridgehead atoms. The van der Waals surface area contributed by atoms with E-state index in [-0.39, 0.29) is 11.4 Å². The van der Waals surface area contributed by atoms with E-state index in [0.717, 1.165) is 0 Å². The average molecular weight is 403 g/mol. The summed E-state index contributed by atoms with van der Waals surface area (Å²) in [5.41, 5.74) is 0.719. The molecular formula is C18H11ClN2O3S2. The van der Waals surface area contributed by atoms with E-state index in [0.29, 0.717) is 20.6 Å². The molecule has 1 aliphatic heterocycles. The fraction of sp³-hybridized carbons (Fsp3) is 0.0556. The van der Waals surface area contributed by atoms with Crippen LogP contribution in [0.3, 0.4) is 0 Å². The molecule has 1 aromatic carbocycles. The first-order valence-electron chi connectivity index (χ1n) is 7.58. The Kier molecular flexibility index (Phi) is 4.36. The Bertz CT molecular complexity index is 996. The zero-order valence-electron chi connectivity index (χ0n) is 13.1. The Morgan fingerprint density at radius 3 is 2.54 bits per heavy atom. The lowest BCUT2D eigenvalue weighted by atomic mass is 9.95. The van der Waals surface area contributed by atoms with Gasteiger partial charge in [0.1, 0.15) is 0 Å². The number of thiazole rings is 1. The van der Waals surface area contributed by atoms with Gasteiger partial charge in [0.15, 0.2) is 10.9 Å². The van der Waals surface area contributed by atoms with Crippen molar-refractivity contribution in [3.63, 3.8) is 0 Å². The minimum Gasteiger partial charge on any atom is -0.503 e. The number of halogens is 1. The maximum absolute atomic E-state index is 13.0. The van der Waals surface area contributed by atoms with E-state index in [1.54, 1.807) is 53.4 Å². The lowest BCUT2D eigenvalue weighted by molar-refractivity contribution is -0.117. The van der Waals surface area contributed by atoms with Crippen LogP contribution in [0, 0.1) is 0 Å². The van der Waals surface area contributed by atoms with Crippen molar-refractivity contribution in [3.05, 3.63) is 80.2 Å². The predicted molar refractivity (Wildman–Crippen MR) is 102 cm³/mol. The number of aliphatic hydroxyl groups excluding tert-OH is 1. The van der Waals surface area contributed by atoms with Crippen molar-refractivity contribution in [2.45, 2.75) is 6.04 Å². The third-order valence-electron chi connectivity index (χ3n) is 4.01. The van der Waals surface area contributed by atoms with Crippen LogP contribution in [-0.2, 0) is 4.79 Å². The zero-order chi connectivity index (χ0) is 18.3. The zero-order valence-corrected chi connectivity index (χ0v) is 15.5. The molecule has 1 aliphatic rings. The Morgan fingerprint density at radius 2 is 1.92 bits per heavy atom. The maximum Gasteiger partial charge on any atom is 0.296 e. The molecule has 0 fully saturated rings. The van der Waals surface area contributed by atoms with Gasteiger partial charge in [-0.25, -0.2) is 4.98 Å². The van der Waals surface area contributed by atoms with Gasteiger partial charge in [0, 0.05) is 16.6 Å². The first-order chi connectivity index (χ1) is 12.6. The standard InChI is InChI=1S/C18H11ClN2O3S2/c19-11-5-3-10(4-6-11)14-13(15(22)12-2-1-8-25-12)16(23)17(24)21(14)18-20-7-9-26-18/h1-9,14,23H. The predicted octanol–water partition coefficient (Wildman–Crippen LogP) is 4.64. The molecule has 3 aromatic rings. The second kappa shape index (κ2) is 6.68. The number of thiophene rings is 1. The van der Waals surface area contributed by atoms with Gasteiger partial charge in [0.25, 0.3) is 5.91 Å². The van der Waals surface area contributed by atoms with E-state index >= 15 is 0 Å². The number of hydrogen-bond acceptors (Lipinski definition) is 6. The summed E-state index contributed by atoms with van der Waals surface area (Å²) in [6.45, 7) is 0. The maximum atomic E-state index is 13.0. The number of anilines is 1. The Balaban J connectivity index is 1.88. The molecule has 1 atom stereocenters. The number of nitrogens with zero attached hydrogens (tertiary/aromatic N) is 2. The van der Waals surface area contributed by atoms with Crippen LogP contribution < -0.4 is 4.90 Å². The summed E-state index contributed by atoms with van der Waals surface area (Å²) in [5, 5.41) is 15.0. The van der Waals surface area contributed by atoms with Gasteiger partial charge in [-0.2, -0.15) is 0 Å². The van der Waals surface area contributed by atoms with Gasteiger partial charge in [-0.1, -0.05) is 29.8 Å². The van der Waals surface area contributed by atoms with Gasteiger partial charge in [0.2, 0.25) is 5.78 Å². The summed E-state index contributed by atoms with van der Waals surface area (Å²) in [6, 6.07) is 9.50. The number of ketones is 1. The minimum atomic E-state index is -0.763. The summed E-state index contributed by atoms with van der Waals surface area (Å²) in [7, 11) is 0. The van der Waals surface area contributed by atoms with Crippen molar-refractivity contribution >= 4 is 51.1 Å². The third-order valence-corrected chi connectivity index (χ3v) is 5.90. The van der Waals surface area contributed by atoms with Gasteiger partial charge in [-0.05, 0) is 29.1 Å². The first kappa shape index (κ1) is 17.0. The van der Waals surface area contributed by atoms with Crippen LogP contribution in [0.4, 0.5) is 5.13 Å². The number of Topliss-reactive ketones (excluding diaryl/α,β-unsaturated/α-hetero) is 1. The van der Waals surface area contributed by atoms with Gasteiger partial charge in [0.05, 0.1) is 16.5 Å². The van der Waals surface area contributed by atoms with Crippen LogP contribution >= 0.6 is 34.3 Å². The number of aromatic nitrogens is 1. The highest BCUT2D eigenvalue weighted by molar-refractivity contribution is 7.14. The molecule has 0 saturated heterocycles. The van der Waals surface area contributed by atoms with Crippen LogP contribution in [0.2, 0.25) is 5.02 Å². The summed E-state index contributed by atoms with van der Waals surface area (Å²) >= 11 is 8.50. The molecular weight excluding hydrogens is 392 g/mol. The highest BCUT2D eigenvalue weighted by Crippen LogP contribution is 2.42. The summed E-state index contributed by atoms with van der Waals surface area (Å²) < 4.78 is 0. The normalized spacial score (nSPS) is 17.2. The molecule has 1 unspecified atom stereocenters. The fourth-order valence-corrected chi connectivity index (χ4v) is 4.34. The highest BCUT2D eigenvalue weighted by atomic mass is 35.5. The van der Waals surface area contributed by atoms with Crippen molar-refractivity contribution in [2.24, 2.45) is 0 Å². The van der Waals surface area contributed by atoms with Crippen molar-refractivity contribution < 1.29 is 14.7 Å². The van der Waals surface area contributed by atoms with E-state index in [1.807, 2.05) is 0 Å². The number of aliphatic hydroxyl groups is 1. The molecule has 1 N–H and O–H groups in total. The quantitative estimate of drug-likeness (QED) is 0.645. The minimum absolute atomic E-state index is 0.0509. The molecule has 5 nitrogen and oxygen atoms in total. The van der Waals surface area contributed by atoms with Crippen LogP contribution in [0.15, 0.2) is 64.7 Å². The smallest absolute Gasteiger partial charge is 0.296 e. The van der Waals surface area contributed by atoms with E-state index < -0.39 is 17.7 Å². The largest absolute Gasteiger partial charge is 0.503 e. The summed E-state index contributed by atoms with van der Waals surface area (Å²) in [5.74, 6) is -1.55. The van der Waals surface area contributed by atoms with Crippen molar-refractivity contribution in [2.75, 3.05) is 4.90 Å². The van der Waals surface area contributed by atoms with Crippen LogP contribution in [0.1, 0.15) is 21.3 Å². The molecule has 130 valence electrons. The van der Waals surface area contributed by atoms with E-state index in [1.165, 1.54) is 27.6 Å². The van der Waals surface area contributed by atoms with E-state index in [9.17, 15) is 14.7 Å². The van der Waals surface area contributed by atoms with Gasteiger partial charge in [-0.15, -0.1) is 22.7 Å². The van der Waals surface area contributed by atoms with Crippen molar-refractivity contribution in [1.82, 2.24) is 4.98 Å². The summed E-state index contributed by atoms with van der Waals surface area (Å²) in [6.07, 6.45) is 1.57. The third kappa shape index (κ3) is 2.74. The Morgan fingerprint density at radius 1 is 1.15 bits per heavy atom. The lowest BCUT2D eigenvalue weighted by Gasteiger charge is -2.24. The number of carbonyl (C=O) groups excluding carboxylic acids is 2. The lowest BCUT2D eigenvalue weighted by Crippen LogP contribution is -2.30. The van der Waals surface area contributed by atoms with E-state index in [4.69, 9.17) is 11.6 Å². The molecule has 0 spiro atoms. The molecule has 0 radical (unpaired) electrons. The van der Waals surface area contributed by atoms with Crippen LogP contribution in [0.25, 0.3) is 0 Å². The van der Waals surface area contributed by atoms with E-state index in [2.05, 4.69) is 4.98 Å². The second-order valence-electron chi connectivity index (χ2n) is 5.51. The average Bonchev–Trinajstić information content (AvgIpc) is 3.38. The number of amides is 1. The molecule has 0 saturated carbocycles. The molecule has 4 rings (SSSR count).